The summed E-state index contributed by atoms with van der Waals surface area (Å²) in [5.74, 6) is 0.0479. The molecule has 0 aliphatic rings. The van der Waals surface area contributed by atoms with Gasteiger partial charge in [0.1, 0.15) is 0 Å². The van der Waals surface area contributed by atoms with Crippen molar-refractivity contribution in [1.82, 2.24) is 19.9 Å². The zero-order valence-electron chi connectivity index (χ0n) is 23.6. The molecule has 0 aliphatic heterocycles. The van der Waals surface area contributed by atoms with E-state index in [4.69, 9.17) is 11.6 Å². The minimum atomic E-state index is -3.71. The van der Waals surface area contributed by atoms with Crippen molar-refractivity contribution in [2.75, 3.05) is 9.44 Å². The number of nitrogens with one attached hydrogen (secondary N) is 2. The summed E-state index contributed by atoms with van der Waals surface area (Å²) in [6, 6.07) is 15.2. The molecule has 0 saturated heterocycles. The lowest BCUT2D eigenvalue weighted by Crippen LogP contribution is -2.16. The Hall–Kier alpha value is -3.61. The first kappa shape index (κ1) is 31.9. The molecule has 0 radical (unpaired) electrons. The highest BCUT2D eigenvalue weighted by Gasteiger charge is 2.19. The first-order valence-corrected chi connectivity index (χ1v) is 15.8. The molecule has 4 rings (SSSR count). The molecule has 0 fully saturated rings. The minimum absolute atomic E-state index is 0.0145. The van der Waals surface area contributed by atoms with Gasteiger partial charge >= 0.3 is 0 Å². The summed E-state index contributed by atoms with van der Waals surface area (Å²) in [4.78, 5) is 15.7. The monoisotopic (exact) mass is 616 g/mol. The lowest BCUT2D eigenvalue weighted by atomic mass is 9.87. The van der Waals surface area contributed by atoms with Gasteiger partial charge in [0.15, 0.2) is 0 Å². The number of nitrogens with zero attached hydrogens (tertiary/aromatic N) is 4. The summed E-state index contributed by atoms with van der Waals surface area (Å²) < 4.78 is 53.4. The van der Waals surface area contributed by atoms with Gasteiger partial charge in [0.25, 0.3) is 20.0 Å². The van der Waals surface area contributed by atoms with Gasteiger partial charge in [-0.3, -0.25) is 0 Å². The van der Waals surface area contributed by atoms with Gasteiger partial charge in [-0.15, -0.1) is 0 Å². The lowest BCUT2D eigenvalue weighted by molar-refractivity contribution is 0.587. The third-order valence-corrected chi connectivity index (χ3v) is 8.58. The van der Waals surface area contributed by atoms with E-state index in [1.165, 1.54) is 24.8 Å². The van der Waals surface area contributed by atoms with E-state index in [9.17, 15) is 16.8 Å². The number of benzene rings is 2. The van der Waals surface area contributed by atoms with Crippen LogP contribution in [-0.4, -0.2) is 36.8 Å². The van der Waals surface area contributed by atoms with Gasteiger partial charge in [-0.2, -0.15) is 0 Å². The molecule has 2 aromatic heterocycles. The van der Waals surface area contributed by atoms with E-state index in [1.807, 2.05) is 12.1 Å². The van der Waals surface area contributed by atoms with Crippen LogP contribution in [0.25, 0.3) is 0 Å². The van der Waals surface area contributed by atoms with Crippen LogP contribution >= 0.6 is 11.6 Å². The van der Waals surface area contributed by atoms with Gasteiger partial charge in [-0.05, 0) is 52.3 Å². The third kappa shape index (κ3) is 9.20. The van der Waals surface area contributed by atoms with Crippen LogP contribution < -0.4 is 9.44 Å². The number of rotatable bonds is 6. The molecule has 0 unspecified atom stereocenters. The van der Waals surface area contributed by atoms with Crippen LogP contribution in [0, 0.1) is 0 Å². The molecule has 2 heterocycles. The number of aromatic nitrogens is 4. The number of hydrogen-bond donors (Lipinski definition) is 2. The van der Waals surface area contributed by atoms with Gasteiger partial charge in [-0.25, -0.2) is 46.2 Å². The van der Waals surface area contributed by atoms with Crippen LogP contribution in [0.15, 0.2) is 89.2 Å². The Labute approximate surface area is 246 Å². The van der Waals surface area contributed by atoms with E-state index in [1.54, 1.807) is 42.5 Å². The summed E-state index contributed by atoms with van der Waals surface area (Å²) in [6.45, 7) is 12.4. The molecular weight excluding hydrogens is 584 g/mol. The van der Waals surface area contributed by atoms with Crippen molar-refractivity contribution >= 4 is 43.5 Å². The maximum absolute atomic E-state index is 12.2. The Morgan fingerprint density at radius 3 is 1.27 bits per heavy atom. The molecule has 2 aromatic carbocycles. The number of anilines is 2. The predicted molar refractivity (Wildman–Crippen MR) is 161 cm³/mol. The van der Waals surface area contributed by atoms with Crippen molar-refractivity contribution in [1.29, 1.82) is 0 Å². The van der Waals surface area contributed by atoms with Gasteiger partial charge in [0, 0.05) is 12.4 Å². The molecule has 10 nitrogen and oxygen atoms in total. The molecule has 0 amide bonds. The molecule has 0 saturated carbocycles. The molecule has 4 aromatic rings. The fourth-order valence-corrected chi connectivity index (χ4v) is 5.36. The summed E-state index contributed by atoms with van der Waals surface area (Å²) >= 11 is 5.66. The smallest absolute Gasteiger partial charge is 0.247 e. The van der Waals surface area contributed by atoms with Crippen molar-refractivity contribution in [2.24, 2.45) is 0 Å². The van der Waals surface area contributed by atoms with Crippen LogP contribution in [-0.2, 0) is 30.9 Å². The summed E-state index contributed by atoms with van der Waals surface area (Å²) in [6.07, 6.45) is 5.62. The van der Waals surface area contributed by atoms with Crippen molar-refractivity contribution < 1.29 is 16.8 Å². The molecule has 13 heteroatoms. The highest BCUT2D eigenvalue weighted by atomic mass is 35.5. The Bertz CT molecular complexity index is 1650. The quantitative estimate of drug-likeness (QED) is 0.276. The highest BCUT2D eigenvalue weighted by Crippen LogP contribution is 2.25. The van der Waals surface area contributed by atoms with E-state index in [-0.39, 0.29) is 32.5 Å². The molecule has 218 valence electrons. The molecular formula is C28H33ClN6O4S2. The zero-order chi connectivity index (χ0) is 30.5. The molecule has 41 heavy (non-hydrogen) atoms. The second-order valence-electron chi connectivity index (χ2n) is 11.1. The zero-order valence-corrected chi connectivity index (χ0v) is 26.0. The highest BCUT2D eigenvalue weighted by molar-refractivity contribution is 7.93. The summed E-state index contributed by atoms with van der Waals surface area (Å²) in [5, 5.41) is 0.340. The summed E-state index contributed by atoms with van der Waals surface area (Å²) in [7, 11) is -7.36. The van der Waals surface area contributed by atoms with E-state index in [0.717, 1.165) is 11.1 Å². The second kappa shape index (κ2) is 12.5. The first-order chi connectivity index (χ1) is 19.0. The van der Waals surface area contributed by atoms with Crippen molar-refractivity contribution in [3.63, 3.8) is 0 Å². The molecule has 0 aliphatic carbocycles. The van der Waals surface area contributed by atoms with Gasteiger partial charge in [0.05, 0.1) is 27.2 Å². The fourth-order valence-electron chi connectivity index (χ4n) is 3.34. The standard InChI is InChI=1S/C14H16ClN3O2S.C14H17N3O2S/c1-14(2,3)10-4-6-12(7-5-10)21(19,20)18-13-16-8-11(15)9-17-13;1-14(2,3)11-5-7-12(8-6-11)20(18,19)17-13-15-9-4-10-16-13/h4-9H,1-3H3,(H,16,17,18);4-10H,1-3H3,(H,15,16,17). The van der Waals surface area contributed by atoms with Crippen LogP contribution in [0.5, 0.6) is 0 Å². The largest absolute Gasteiger partial charge is 0.264 e. The Balaban J connectivity index is 0.000000226. The lowest BCUT2D eigenvalue weighted by Gasteiger charge is -2.19. The minimum Gasteiger partial charge on any atom is -0.247 e. The van der Waals surface area contributed by atoms with E-state index in [2.05, 4.69) is 70.9 Å². The van der Waals surface area contributed by atoms with Gasteiger partial charge < -0.3 is 0 Å². The number of halogens is 1. The SMILES string of the molecule is CC(C)(C)c1ccc(S(=O)(=O)Nc2ncc(Cl)cn2)cc1.CC(C)(C)c1ccc(S(=O)(=O)Nc2ncccn2)cc1. The van der Waals surface area contributed by atoms with E-state index < -0.39 is 20.0 Å². The molecule has 2 N–H and O–H groups in total. The summed E-state index contributed by atoms with van der Waals surface area (Å²) in [5.41, 5.74) is 2.09. The van der Waals surface area contributed by atoms with Crippen molar-refractivity contribution in [3.05, 3.63) is 95.5 Å². The number of hydrogen-bond acceptors (Lipinski definition) is 8. The maximum Gasteiger partial charge on any atom is 0.264 e. The topological polar surface area (TPSA) is 144 Å². The van der Waals surface area contributed by atoms with Crippen LogP contribution in [0.1, 0.15) is 52.7 Å². The maximum atomic E-state index is 12.2. The average molecular weight is 617 g/mol. The molecule has 0 bridgehead atoms. The third-order valence-electron chi connectivity index (χ3n) is 5.70. The second-order valence-corrected chi connectivity index (χ2v) is 14.9. The Kier molecular flexibility index (Phi) is 9.73. The van der Waals surface area contributed by atoms with Gasteiger partial charge in [0.2, 0.25) is 11.9 Å². The average Bonchev–Trinajstić information content (AvgIpc) is 2.90. The van der Waals surface area contributed by atoms with Crippen LogP contribution in [0.3, 0.4) is 0 Å². The van der Waals surface area contributed by atoms with E-state index >= 15 is 0 Å². The fraction of sp³-hybridized carbons (Fsp3) is 0.286. The Morgan fingerprint density at radius 2 is 0.927 bits per heavy atom. The van der Waals surface area contributed by atoms with Crippen molar-refractivity contribution in [3.8, 4) is 0 Å². The number of sulfonamides is 2. The molecule has 0 atom stereocenters. The van der Waals surface area contributed by atoms with Crippen LogP contribution in [0.4, 0.5) is 11.9 Å². The van der Waals surface area contributed by atoms with Crippen molar-refractivity contribution in [2.45, 2.75) is 62.2 Å². The normalized spacial score (nSPS) is 12.2. The molecule has 0 spiro atoms. The van der Waals surface area contributed by atoms with Gasteiger partial charge in [-0.1, -0.05) is 77.4 Å². The Morgan fingerprint density at radius 1 is 0.585 bits per heavy atom. The first-order valence-electron chi connectivity index (χ1n) is 12.5. The predicted octanol–water partition coefficient (Wildman–Crippen LogP) is 5.80. The van der Waals surface area contributed by atoms with E-state index in [0.29, 0.717) is 5.02 Å². The van der Waals surface area contributed by atoms with Crippen LogP contribution in [0.2, 0.25) is 5.02 Å².